The van der Waals surface area contributed by atoms with Crippen molar-refractivity contribution in [1.82, 2.24) is 5.32 Å². The van der Waals surface area contributed by atoms with E-state index in [9.17, 15) is 0 Å². The van der Waals surface area contributed by atoms with E-state index in [1.807, 2.05) is 12.1 Å². The van der Waals surface area contributed by atoms with Crippen molar-refractivity contribution in [1.29, 1.82) is 0 Å². The van der Waals surface area contributed by atoms with Crippen molar-refractivity contribution in [2.24, 2.45) is 11.8 Å². The molecule has 0 heterocycles. The lowest BCUT2D eigenvalue weighted by atomic mass is 9.71. The summed E-state index contributed by atoms with van der Waals surface area (Å²) in [6, 6.07) is 9.24. The Morgan fingerprint density at radius 2 is 2.06 bits per heavy atom. The summed E-state index contributed by atoms with van der Waals surface area (Å²) in [4.78, 5) is 0. The minimum absolute atomic E-state index is 0.409. The van der Waals surface area contributed by atoms with Crippen LogP contribution in [0.2, 0.25) is 5.02 Å². The Kier molecular flexibility index (Phi) is 2.97. The molecule has 4 atom stereocenters. The minimum atomic E-state index is 0.409. The third-order valence-electron chi connectivity index (χ3n) is 4.20. The van der Waals surface area contributed by atoms with E-state index in [0.29, 0.717) is 12.1 Å². The van der Waals surface area contributed by atoms with Gasteiger partial charge in [-0.15, -0.1) is 0 Å². The summed E-state index contributed by atoms with van der Waals surface area (Å²) in [5.41, 5.74) is 1.32. The molecule has 0 radical (unpaired) electrons. The van der Waals surface area contributed by atoms with Crippen LogP contribution in [0.3, 0.4) is 0 Å². The Labute approximate surface area is 108 Å². The molecule has 3 rings (SSSR count). The molecule has 3 unspecified atom stereocenters. The maximum absolute atomic E-state index is 5.90. The van der Waals surface area contributed by atoms with Crippen LogP contribution in [0.1, 0.15) is 31.4 Å². The molecule has 0 amide bonds. The number of rotatable bonds is 3. The maximum Gasteiger partial charge on any atom is 0.0406 e. The number of hydrogen-bond donors (Lipinski definition) is 1. The van der Waals surface area contributed by atoms with Crippen LogP contribution in [0, 0.1) is 11.8 Å². The lowest BCUT2D eigenvalue weighted by Gasteiger charge is -2.42. The third kappa shape index (κ3) is 2.14. The zero-order valence-corrected chi connectivity index (χ0v) is 10.8. The molecule has 1 saturated carbocycles. The van der Waals surface area contributed by atoms with Crippen molar-refractivity contribution in [2.75, 3.05) is 0 Å². The number of allylic oxidation sites excluding steroid dienone is 1. The van der Waals surface area contributed by atoms with E-state index >= 15 is 0 Å². The first-order valence-electron chi connectivity index (χ1n) is 6.42. The quantitative estimate of drug-likeness (QED) is 0.798. The molecular formula is C15H18ClN. The van der Waals surface area contributed by atoms with Crippen molar-refractivity contribution < 1.29 is 0 Å². The van der Waals surface area contributed by atoms with Crippen LogP contribution in [-0.4, -0.2) is 6.04 Å². The highest BCUT2D eigenvalue weighted by molar-refractivity contribution is 6.30. The summed E-state index contributed by atoms with van der Waals surface area (Å²) in [5.74, 6) is 1.70. The van der Waals surface area contributed by atoms with Gasteiger partial charge >= 0.3 is 0 Å². The van der Waals surface area contributed by atoms with Crippen molar-refractivity contribution in [3.63, 3.8) is 0 Å². The van der Waals surface area contributed by atoms with E-state index in [1.54, 1.807) is 0 Å². The number of nitrogens with one attached hydrogen (secondary N) is 1. The highest BCUT2D eigenvalue weighted by Gasteiger charge is 2.41. The Bertz CT molecular complexity index is 423. The van der Waals surface area contributed by atoms with Gasteiger partial charge in [0.25, 0.3) is 0 Å². The lowest BCUT2D eigenvalue weighted by molar-refractivity contribution is 0.152. The number of benzene rings is 1. The Morgan fingerprint density at radius 3 is 2.76 bits per heavy atom. The van der Waals surface area contributed by atoms with Gasteiger partial charge in [0.05, 0.1) is 0 Å². The lowest BCUT2D eigenvalue weighted by Crippen LogP contribution is -2.48. The fourth-order valence-corrected chi connectivity index (χ4v) is 3.20. The number of fused-ring (bicyclic) bond motifs is 1. The van der Waals surface area contributed by atoms with Crippen molar-refractivity contribution in [3.8, 4) is 0 Å². The normalized spacial score (nSPS) is 32.0. The largest absolute Gasteiger partial charge is 0.307 e. The second-order valence-corrected chi connectivity index (χ2v) is 5.72. The van der Waals surface area contributed by atoms with Crippen LogP contribution < -0.4 is 5.32 Å². The molecule has 0 bridgehead atoms. The van der Waals surface area contributed by atoms with Gasteiger partial charge < -0.3 is 5.32 Å². The van der Waals surface area contributed by atoms with E-state index in [2.05, 4.69) is 36.5 Å². The molecule has 1 nitrogen and oxygen atoms in total. The van der Waals surface area contributed by atoms with Crippen LogP contribution in [0.4, 0.5) is 0 Å². The number of hydrogen-bond acceptors (Lipinski definition) is 1. The summed E-state index contributed by atoms with van der Waals surface area (Å²) in [6.07, 6.45) is 7.35. The van der Waals surface area contributed by atoms with Crippen LogP contribution in [-0.2, 0) is 0 Å². The summed E-state index contributed by atoms with van der Waals surface area (Å²) < 4.78 is 0. The predicted octanol–water partition coefficient (Wildman–Crippen LogP) is 3.96. The molecule has 90 valence electrons. The van der Waals surface area contributed by atoms with Gasteiger partial charge in [-0.2, -0.15) is 0 Å². The molecule has 17 heavy (non-hydrogen) atoms. The first kappa shape index (κ1) is 11.3. The Hall–Kier alpha value is -0.790. The Balaban J connectivity index is 1.62. The van der Waals surface area contributed by atoms with Crippen LogP contribution in [0.5, 0.6) is 0 Å². The molecular weight excluding hydrogens is 230 g/mol. The smallest absolute Gasteiger partial charge is 0.0406 e. The zero-order chi connectivity index (χ0) is 11.8. The Morgan fingerprint density at radius 1 is 1.29 bits per heavy atom. The average Bonchev–Trinajstić information content (AvgIpc) is 2.68. The van der Waals surface area contributed by atoms with Gasteiger partial charge in [0.15, 0.2) is 0 Å². The van der Waals surface area contributed by atoms with Gasteiger partial charge in [0, 0.05) is 17.1 Å². The van der Waals surface area contributed by atoms with Crippen LogP contribution in [0.15, 0.2) is 36.4 Å². The van der Waals surface area contributed by atoms with Gasteiger partial charge in [0.2, 0.25) is 0 Å². The third-order valence-corrected chi connectivity index (χ3v) is 4.45. The molecule has 2 heteroatoms. The van der Waals surface area contributed by atoms with Gasteiger partial charge in [0.1, 0.15) is 0 Å². The van der Waals surface area contributed by atoms with Crippen LogP contribution in [0.25, 0.3) is 0 Å². The summed E-state index contributed by atoms with van der Waals surface area (Å²) >= 11 is 5.90. The number of halogens is 1. The monoisotopic (exact) mass is 247 g/mol. The van der Waals surface area contributed by atoms with E-state index in [-0.39, 0.29) is 0 Å². The van der Waals surface area contributed by atoms with E-state index in [4.69, 9.17) is 11.6 Å². The second-order valence-electron chi connectivity index (χ2n) is 5.28. The molecule has 0 saturated heterocycles. The zero-order valence-electron chi connectivity index (χ0n) is 10.1. The van der Waals surface area contributed by atoms with E-state index in [1.165, 1.54) is 18.4 Å². The first-order valence-corrected chi connectivity index (χ1v) is 6.80. The molecule has 1 aromatic rings. The predicted molar refractivity (Wildman–Crippen MR) is 72.1 cm³/mol. The van der Waals surface area contributed by atoms with Crippen molar-refractivity contribution in [3.05, 3.63) is 47.0 Å². The van der Waals surface area contributed by atoms with Crippen molar-refractivity contribution >= 4 is 11.6 Å². The molecule has 0 aliphatic heterocycles. The summed E-state index contributed by atoms with van der Waals surface area (Å²) in [5, 5.41) is 4.54. The molecule has 2 aliphatic rings. The topological polar surface area (TPSA) is 12.0 Å². The molecule has 0 aromatic heterocycles. The van der Waals surface area contributed by atoms with Gasteiger partial charge in [-0.3, -0.25) is 0 Å². The van der Waals surface area contributed by atoms with E-state index in [0.717, 1.165) is 16.9 Å². The van der Waals surface area contributed by atoms with Gasteiger partial charge in [-0.25, -0.2) is 0 Å². The average molecular weight is 248 g/mol. The van der Waals surface area contributed by atoms with Gasteiger partial charge in [-0.05, 0) is 49.3 Å². The van der Waals surface area contributed by atoms with E-state index < -0.39 is 0 Å². The fraction of sp³-hybridized carbons (Fsp3) is 0.467. The molecule has 1 N–H and O–H groups in total. The highest BCUT2D eigenvalue weighted by atomic mass is 35.5. The standard InChI is InChI=1S/C15H18ClN/c1-10(11-5-7-13(16)8-6-11)17-15-9-12-3-2-4-14(12)15/h2,4-8,10,12,14-15,17H,3,9H2,1H3/t10-,12?,14?,15?/m0/s1. The minimum Gasteiger partial charge on any atom is -0.307 e. The summed E-state index contributed by atoms with van der Waals surface area (Å²) in [6.45, 7) is 2.23. The SMILES string of the molecule is C[C@H](NC1CC2CC=CC21)c1ccc(Cl)cc1. The highest BCUT2D eigenvalue weighted by Crippen LogP contribution is 2.43. The molecule has 2 aliphatic carbocycles. The first-order chi connectivity index (χ1) is 8.24. The second kappa shape index (κ2) is 4.47. The maximum atomic E-state index is 5.90. The molecule has 0 spiro atoms. The van der Waals surface area contributed by atoms with Crippen molar-refractivity contribution in [2.45, 2.75) is 31.8 Å². The summed E-state index contributed by atoms with van der Waals surface area (Å²) in [7, 11) is 0. The van der Waals surface area contributed by atoms with Crippen LogP contribution >= 0.6 is 11.6 Å². The van der Waals surface area contributed by atoms with Gasteiger partial charge in [-0.1, -0.05) is 35.9 Å². The fourth-order valence-electron chi connectivity index (χ4n) is 3.08. The molecule has 1 aromatic carbocycles. The molecule has 1 fully saturated rings.